The molecule has 3 heteroatoms. The minimum Gasteiger partial charge on any atom is -0.264 e. The quantitative estimate of drug-likeness (QED) is 0.745. The summed E-state index contributed by atoms with van der Waals surface area (Å²) in [5.41, 5.74) is 1.21. The van der Waals surface area contributed by atoms with Gasteiger partial charge in [-0.15, -0.1) is 11.8 Å². The van der Waals surface area contributed by atoms with Crippen molar-refractivity contribution in [1.29, 1.82) is 0 Å². The molecule has 0 N–H and O–H groups in total. The van der Waals surface area contributed by atoms with Crippen molar-refractivity contribution < 1.29 is 0 Å². The molecule has 1 aromatic carbocycles. The average molecular weight is 236 g/mol. The Morgan fingerprint density at radius 2 is 2.00 bits per heavy atom. The first-order chi connectivity index (χ1) is 7.36. The lowest BCUT2D eigenvalue weighted by molar-refractivity contribution is 1.25. The second-order valence-electron chi connectivity index (χ2n) is 3.08. The van der Waals surface area contributed by atoms with Gasteiger partial charge in [0.2, 0.25) is 0 Å². The summed E-state index contributed by atoms with van der Waals surface area (Å²) in [6.45, 7) is 0. The van der Waals surface area contributed by atoms with Crippen LogP contribution in [0.3, 0.4) is 0 Å². The van der Waals surface area contributed by atoms with E-state index in [1.54, 1.807) is 18.0 Å². The Morgan fingerprint density at radius 3 is 2.73 bits per heavy atom. The molecule has 1 nitrogen and oxygen atoms in total. The minimum atomic E-state index is 0.811. The highest BCUT2D eigenvalue weighted by molar-refractivity contribution is 7.98. The number of benzene rings is 1. The molecular formula is C12H10ClNS. The molecule has 0 aliphatic carbocycles. The van der Waals surface area contributed by atoms with Gasteiger partial charge in [-0.3, -0.25) is 4.98 Å². The van der Waals surface area contributed by atoms with Crippen molar-refractivity contribution in [2.45, 2.75) is 10.6 Å². The molecule has 2 rings (SSSR count). The smallest absolute Gasteiger partial charge is 0.0541 e. The fourth-order valence-electron chi connectivity index (χ4n) is 1.21. The molecule has 0 spiro atoms. The van der Waals surface area contributed by atoms with Gasteiger partial charge in [-0.1, -0.05) is 29.8 Å². The van der Waals surface area contributed by atoms with Crippen LogP contribution in [0.5, 0.6) is 0 Å². The number of thioether (sulfide) groups is 1. The number of pyridine rings is 1. The lowest BCUT2D eigenvalue weighted by Gasteiger charge is -2.03. The van der Waals surface area contributed by atoms with Gasteiger partial charge in [0.15, 0.2) is 0 Å². The molecule has 0 bridgehead atoms. The van der Waals surface area contributed by atoms with Gasteiger partial charge in [0.1, 0.15) is 0 Å². The van der Waals surface area contributed by atoms with E-state index in [0.717, 1.165) is 15.7 Å². The Hall–Kier alpha value is -0.990. The molecule has 15 heavy (non-hydrogen) atoms. The Bertz CT molecular complexity index is 431. The Labute approximate surface area is 98.5 Å². The minimum absolute atomic E-state index is 0.811. The second-order valence-corrected chi connectivity index (χ2v) is 4.50. The molecule has 0 aliphatic rings. The monoisotopic (exact) mass is 235 g/mol. The van der Waals surface area contributed by atoms with Crippen molar-refractivity contribution in [3.8, 4) is 0 Å². The molecule has 76 valence electrons. The number of nitrogens with zero attached hydrogens (tertiary/aromatic N) is 1. The summed E-state index contributed by atoms with van der Waals surface area (Å²) in [7, 11) is 0. The van der Waals surface area contributed by atoms with Crippen molar-refractivity contribution in [3.05, 3.63) is 59.4 Å². The number of hydrogen-bond acceptors (Lipinski definition) is 2. The Morgan fingerprint density at radius 1 is 1.13 bits per heavy atom. The molecule has 1 aromatic heterocycles. The van der Waals surface area contributed by atoms with Gasteiger partial charge in [0.25, 0.3) is 0 Å². The molecule has 0 saturated heterocycles. The molecule has 0 aliphatic heterocycles. The fourth-order valence-corrected chi connectivity index (χ4v) is 2.38. The van der Waals surface area contributed by atoms with Crippen molar-refractivity contribution in [1.82, 2.24) is 4.98 Å². The maximum Gasteiger partial charge on any atom is 0.0541 e. The van der Waals surface area contributed by atoms with Gasteiger partial charge in [-0.25, -0.2) is 0 Å². The molecule has 0 saturated carbocycles. The van der Waals surface area contributed by atoms with E-state index in [0.29, 0.717) is 0 Å². The number of aromatic nitrogens is 1. The van der Waals surface area contributed by atoms with Crippen molar-refractivity contribution in [2.75, 3.05) is 0 Å². The Kier molecular flexibility index (Phi) is 3.64. The predicted molar refractivity (Wildman–Crippen MR) is 65.3 cm³/mol. The zero-order chi connectivity index (χ0) is 10.5. The molecule has 0 atom stereocenters. The van der Waals surface area contributed by atoms with E-state index in [-0.39, 0.29) is 0 Å². The van der Waals surface area contributed by atoms with E-state index >= 15 is 0 Å². The molecule has 0 amide bonds. The maximum absolute atomic E-state index is 6.05. The van der Waals surface area contributed by atoms with Gasteiger partial charge in [0, 0.05) is 23.0 Å². The highest BCUT2D eigenvalue weighted by atomic mass is 35.5. The SMILES string of the molecule is Clc1ccccc1SCc1cccnc1. The van der Waals surface area contributed by atoms with Crippen LogP contribution in [0.4, 0.5) is 0 Å². The third-order valence-electron chi connectivity index (χ3n) is 1.95. The third-order valence-corrected chi connectivity index (χ3v) is 3.54. The van der Waals surface area contributed by atoms with Crippen molar-refractivity contribution >= 4 is 23.4 Å². The van der Waals surface area contributed by atoms with Crippen LogP contribution in [0.15, 0.2) is 53.7 Å². The summed E-state index contributed by atoms with van der Waals surface area (Å²) in [6.07, 6.45) is 3.66. The third kappa shape index (κ3) is 2.98. The van der Waals surface area contributed by atoms with Gasteiger partial charge < -0.3 is 0 Å². The van der Waals surface area contributed by atoms with Gasteiger partial charge in [-0.2, -0.15) is 0 Å². The van der Waals surface area contributed by atoms with Gasteiger partial charge in [-0.05, 0) is 23.8 Å². The maximum atomic E-state index is 6.05. The van der Waals surface area contributed by atoms with Crippen LogP contribution in [-0.2, 0) is 5.75 Å². The van der Waals surface area contributed by atoms with E-state index in [2.05, 4.69) is 11.1 Å². The molecule has 0 radical (unpaired) electrons. The standard InChI is InChI=1S/C12H10ClNS/c13-11-5-1-2-6-12(11)15-9-10-4-3-7-14-8-10/h1-8H,9H2. The molecule has 0 unspecified atom stereocenters. The first-order valence-corrected chi connectivity index (χ1v) is 5.99. The van der Waals surface area contributed by atoms with Crippen LogP contribution < -0.4 is 0 Å². The molecule has 2 aromatic rings. The molecule has 1 heterocycles. The highest BCUT2D eigenvalue weighted by Gasteiger charge is 1.99. The normalized spacial score (nSPS) is 10.2. The van der Waals surface area contributed by atoms with E-state index in [1.165, 1.54) is 5.56 Å². The largest absolute Gasteiger partial charge is 0.264 e. The Balaban J connectivity index is 2.03. The first kappa shape index (κ1) is 10.5. The van der Waals surface area contributed by atoms with Gasteiger partial charge >= 0.3 is 0 Å². The van der Waals surface area contributed by atoms with Crippen molar-refractivity contribution in [3.63, 3.8) is 0 Å². The number of hydrogen-bond donors (Lipinski definition) is 0. The average Bonchev–Trinajstić information content (AvgIpc) is 2.29. The van der Waals surface area contributed by atoms with Crippen LogP contribution in [-0.4, -0.2) is 4.98 Å². The zero-order valence-electron chi connectivity index (χ0n) is 8.06. The van der Waals surface area contributed by atoms with Crippen LogP contribution in [0.25, 0.3) is 0 Å². The molecule has 0 fully saturated rings. The zero-order valence-corrected chi connectivity index (χ0v) is 9.63. The number of rotatable bonds is 3. The summed E-state index contributed by atoms with van der Waals surface area (Å²) in [5, 5.41) is 0.811. The lowest BCUT2D eigenvalue weighted by Crippen LogP contribution is -1.81. The summed E-state index contributed by atoms with van der Waals surface area (Å²) in [4.78, 5) is 5.19. The van der Waals surface area contributed by atoms with E-state index in [1.807, 2.05) is 36.5 Å². The summed E-state index contributed by atoms with van der Waals surface area (Å²) < 4.78 is 0. The number of halogens is 1. The summed E-state index contributed by atoms with van der Waals surface area (Å²) in [6, 6.07) is 11.9. The summed E-state index contributed by atoms with van der Waals surface area (Å²) in [5.74, 6) is 0.900. The highest BCUT2D eigenvalue weighted by Crippen LogP contribution is 2.28. The van der Waals surface area contributed by atoms with Crippen LogP contribution >= 0.6 is 23.4 Å². The van der Waals surface area contributed by atoms with E-state index in [4.69, 9.17) is 11.6 Å². The van der Waals surface area contributed by atoms with E-state index in [9.17, 15) is 0 Å². The topological polar surface area (TPSA) is 12.9 Å². The van der Waals surface area contributed by atoms with Crippen LogP contribution in [0, 0.1) is 0 Å². The molecular weight excluding hydrogens is 226 g/mol. The second kappa shape index (κ2) is 5.19. The summed E-state index contributed by atoms with van der Waals surface area (Å²) >= 11 is 7.78. The lowest BCUT2D eigenvalue weighted by atomic mass is 10.3. The first-order valence-electron chi connectivity index (χ1n) is 4.62. The van der Waals surface area contributed by atoms with Crippen LogP contribution in [0.2, 0.25) is 5.02 Å². The fraction of sp³-hybridized carbons (Fsp3) is 0.0833. The van der Waals surface area contributed by atoms with E-state index < -0.39 is 0 Å². The predicted octanol–water partition coefficient (Wildman–Crippen LogP) is 4.03. The van der Waals surface area contributed by atoms with Crippen LogP contribution in [0.1, 0.15) is 5.56 Å². The van der Waals surface area contributed by atoms with Gasteiger partial charge in [0.05, 0.1) is 5.02 Å². The van der Waals surface area contributed by atoms with Crippen molar-refractivity contribution in [2.24, 2.45) is 0 Å².